The van der Waals surface area contributed by atoms with Crippen LogP contribution in [0.4, 0.5) is 4.39 Å². The number of nitrogens with two attached hydrogens (primary N) is 1. The molecular weight excluding hydrogens is 237 g/mol. The summed E-state index contributed by atoms with van der Waals surface area (Å²) >= 11 is 0. The maximum atomic E-state index is 13.0. The van der Waals surface area contributed by atoms with Crippen LogP contribution >= 0.6 is 0 Å². The summed E-state index contributed by atoms with van der Waals surface area (Å²) in [6.07, 6.45) is 1.25. The smallest absolute Gasteiger partial charge is 0.242 e. The largest absolute Gasteiger partial charge is 0.386 e. The summed E-state index contributed by atoms with van der Waals surface area (Å²) in [5.74, 6) is -0.425. The molecule has 1 aliphatic rings. The van der Waals surface area contributed by atoms with Crippen molar-refractivity contribution in [3.63, 3.8) is 0 Å². The molecule has 0 spiro atoms. The van der Waals surface area contributed by atoms with E-state index in [2.05, 4.69) is 4.98 Å². The molecule has 2 rings (SSSR count). The van der Waals surface area contributed by atoms with E-state index in [1.54, 1.807) is 18.3 Å². The fourth-order valence-corrected chi connectivity index (χ4v) is 2.02. The van der Waals surface area contributed by atoms with Crippen molar-refractivity contribution in [1.29, 1.82) is 0 Å². The third-order valence-corrected chi connectivity index (χ3v) is 3.09. The Kier molecular flexibility index (Phi) is 3.88. The lowest BCUT2D eigenvalue weighted by Crippen LogP contribution is -2.46. The van der Waals surface area contributed by atoms with Gasteiger partial charge in [-0.15, -0.1) is 0 Å². The van der Waals surface area contributed by atoms with E-state index in [-0.39, 0.29) is 6.54 Å². The summed E-state index contributed by atoms with van der Waals surface area (Å²) in [4.78, 5) is 17.2. The van der Waals surface area contributed by atoms with Crippen LogP contribution in [0.2, 0.25) is 0 Å². The monoisotopic (exact) mass is 253 g/mol. The second-order valence-corrected chi connectivity index (χ2v) is 4.43. The van der Waals surface area contributed by atoms with Gasteiger partial charge in [-0.3, -0.25) is 9.78 Å². The quantitative estimate of drug-likeness (QED) is 0.795. The highest BCUT2D eigenvalue weighted by Crippen LogP contribution is 2.19. The molecule has 0 aromatic carbocycles. The molecule has 6 heteroatoms. The number of aliphatic hydroxyl groups excluding tert-OH is 1. The van der Waals surface area contributed by atoms with Crippen LogP contribution in [0.1, 0.15) is 18.1 Å². The molecule has 3 atom stereocenters. The minimum Gasteiger partial charge on any atom is -0.386 e. The van der Waals surface area contributed by atoms with E-state index in [9.17, 15) is 14.3 Å². The highest BCUT2D eigenvalue weighted by Gasteiger charge is 2.32. The van der Waals surface area contributed by atoms with Gasteiger partial charge in [0.05, 0.1) is 6.54 Å². The lowest BCUT2D eigenvalue weighted by Gasteiger charge is -2.23. The number of rotatable bonds is 3. The topological polar surface area (TPSA) is 79.5 Å². The zero-order chi connectivity index (χ0) is 13.1. The number of hydrogen-bond acceptors (Lipinski definition) is 4. The third-order valence-electron chi connectivity index (χ3n) is 3.09. The van der Waals surface area contributed by atoms with Gasteiger partial charge in [0, 0.05) is 24.5 Å². The number of aliphatic hydroxyl groups is 1. The number of nitrogens with zero attached hydrogens (tertiary/aromatic N) is 2. The number of likely N-dealkylation sites (tertiary alicyclic amines) is 1. The minimum absolute atomic E-state index is 0.0618. The summed E-state index contributed by atoms with van der Waals surface area (Å²) in [6, 6.07) is 2.22. The fourth-order valence-electron chi connectivity index (χ4n) is 2.02. The molecule has 1 unspecified atom stereocenters. The van der Waals surface area contributed by atoms with Crippen LogP contribution in [0, 0.1) is 0 Å². The van der Waals surface area contributed by atoms with Crippen LogP contribution in [-0.2, 0) is 4.79 Å². The molecule has 3 N–H and O–H groups in total. The second-order valence-electron chi connectivity index (χ2n) is 4.43. The number of carbonyl (C=O) groups excluding carboxylic acids is 1. The molecule has 5 nitrogen and oxygen atoms in total. The normalized spacial score (nSPS) is 22.8. The van der Waals surface area contributed by atoms with Gasteiger partial charge in [-0.1, -0.05) is 6.07 Å². The molecule has 1 aromatic heterocycles. The Labute approximate surface area is 104 Å². The molecule has 1 amide bonds. The molecule has 0 aliphatic carbocycles. The van der Waals surface area contributed by atoms with Crippen LogP contribution in [0.25, 0.3) is 0 Å². The van der Waals surface area contributed by atoms with Gasteiger partial charge in [-0.2, -0.15) is 0 Å². The summed E-state index contributed by atoms with van der Waals surface area (Å²) in [7, 11) is 0. The van der Waals surface area contributed by atoms with Crippen LogP contribution in [0.15, 0.2) is 24.5 Å². The number of carbonyl (C=O) groups is 1. The summed E-state index contributed by atoms with van der Waals surface area (Å²) in [5.41, 5.74) is 6.21. The van der Waals surface area contributed by atoms with Gasteiger partial charge >= 0.3 is 0 Å². The minimum atomic E-state index is -1.12. The first-order chi connectivity index (χ1) is 8.59. The zero-order valence-corrected chi connectivity index (χ0v) is 9.87. The van der Waals surface area contributed by atoms with Crippen molar-refractivity contribution >= 4 is 5.91 Å². The second kappa shape index (κ2) is 5.41. The molecule has 0 saturated carbocycles. The Morgan fingerprint density at radius 2 is 2.44 bits per heavy atom. The van der Waals surface area contributed by atoms with Crippen molar-refractivity contribution in [3.8, 4) is 0 Å². The summed E-state index contributed by atoms with van der Waals surface area (Å²) < 4.78 is 13.0. The Hall–Kier alpha value is -1.53. The number of amides is 1. The van der Waals surface area contributed by atoms with E-state index in [1.165, 1.54) is 11.1 Å². The first-order valence-electron chi connectivity index (χ1n) is 5.86. The van der Waals surface area contributed by atoms with E-state index in [1.807, 2.05) is 0 Å². The standard InChI is InChI=1S/C12H16FN3O2/c13-9-3-5-16(7-9)12(18)10(14)11(17)8-2-1-4-15-6-8/h1-2,4,6,9-11,17H,3,5,7,14H2/t9?,10-,11+/m1/s1. The van der Waals surface area contributed by atoms with Gasteiger partial charge in [0.2, 0.25) is 5.91 Å². The number of hydrogen-bond donors (Lipinski definition) is 2. The van der Waals surface area contributed by atoms with Crippen molar-refractivity contribution in [2.45, 2.75) is 24.7 Å². The number of pyridine rings is 1. The maximum absolute atomic E-state index is 13.0. The molecule has 0 radical (unpaired) electrons. The predicted molar refractivity (Wildman–Crippen MR) is 63.3 cm³/mol. The average molecular weight is 253 g/mol. The van der Waals surface area contributed by atoms with Crippen LogP contribution in [0.5, 0.6) is 0 Å². The van der Waals surface area contributed by atoms with Gasteiger partial charge in [0.25, 0.3) is 0 Å². The molecular formula is C12H16FN3O2. The number of halogens is 1. The maximum Gasteiger partial charge on any atom is 0.242 e. The first kappa shape index (κ1) is 12.9. The predicted octanol–water partition coefficient (Wildman–Crippen LogP) is 0.0127. The van der Waals surface area contributed by atoms with E-state index >= 15 is 0 Å². The van der Waals surface area contributed by atoms with E-state index in [0.717, 1.165) is 0 Å². The SMILES string of the molecule is N[C@@H](C(=O)N1CCC(F)C1)[C@@H](O)c1cccnc1. The summed E-state index contributed by atoms with van der Waals surface area (Å²) in [5, 5.41) is 9.98. The average Bonchev–Trinajstić information content (AvgIpc) is 2.84. The highest BCUT2D eigenvalue weighted by molar-refractivity contribution is 5.82. The van der Waals surface area contributed by atoms with Crippen LogP contribution in [0.3, 0.4) is 0 Å². The lowest BCUT2D eigenvalue weighted by molar-refractivity contribution is -0.134. The number of aromatic nitrogens is 1. The Bertz CT molecular complexity index is 415. The van der Waals surface area contributed by atoms with Gasteiger partial charge in [0.15, 0.2) is 0 Å². The Balaban J connectivity index is 2.02. The van der Waals surface area contributed by atoms with E-state index < -0.39 is 24.2 Å². The fraction of sp³-hybridized carbons (Fsp3) is 0.500. The third kappa shape index (κ3) is 2.65. The highest BCUT2D eigenvalue weighted by atomic mass is 19.1. The van der Waals surface area contributed by atoms with Gasteiger partial charge in [0.1, 0.15) is 18.3 Å². The zero-order valence-electron chi connectivity index (χ0n) is 9.87. The van der Waals surface area contributed by atoms with Crippen molar-refractivity contribution < 1.29 is 14.3 Å². The van der Waals surface area contributed by atoms with Gasteiger partial charge in [-0.05, 0) is 12.5 Å². The van der Waals surface area contributed by atoms with Crippen molar-refractivity contribution in [1.82, 2.24) is 9.88 Å². The summed E-state index contributed by atoms with van der Waals surface area (Å²) in [6.45, 7) is 0.416. The molecule has 1 aliphatic heterocycles. The Morgan fingerprint density at radius 3 is 3.00 bits per heavy atom. The molecule has 1 saturated heterocycles. The molecule has 1 fully saturated rings. The molecule has 2 heterocycles. The molecule has 98 valence electrons. The van der Waals surface area contributed by atoms with Gasteiger partial charge in [-0.25, -0.2) is 4.39 Å². The molecule has 1 aromatic rings. The van der Waals surface area contributed by atoms with Crippen LogP contribution in [-0.4, -0.2) is 46.2 Å². The molecule has 0 bridgehead atoms. The van der Waals surface area contributed by atoms with Crippen molar-refractivity contribution in [2.75, 3.05) is 13.1 Å². The Morgan fingerprint density at radius 1 is 1.67 bits per heavy atom. The number of alkyl halides is 1. The van der Waals surface area contributed by atoms with Crippen LogP contribution < -0.4 is 5.73 Å². The van der Waals surface area contributed by atoms with Gasteiger partial charge < -0.3 is 15.7 Å². The van der Waals surface area contributed by atoms with E-state index in [0.29, 0.717) is 18.5 Å². The lowest BCUT2D eigenvalue weighted by atomic mass is 10.0. The molecule has 18 heavy (non-hydrogen) atoms. The van der Waals surface area contributed by atoms with E-state index in [4.69, 9.17) is 5.73 Å². The first-order valence-corrected chi connectivity index (χ1v) is 5.86. The van der Waals surface area contributed by atoms with Crippen molar-refractivity contribution in [2.24, 2.45) is 5.73 Å². The van der Waals surface area contributed by atoms with Crippen molar-refractivity contribution in [3.05, 3.63) is 30.1 Å².